The van der Waals surface area contributed by atoms with Gasteiger partial charge in [-0.25, -0.2) is 0 Å². The van der Waals surface area contributed by atoms with Crippen molar-refractivity contribution >= 4 is 26.3 Å². The minimum atomic E-state index is -0.514. The molecular formula is C8H6N4Se2. The molecule has 0 bridgehead atoms. The van der Waals surface area contributed by atoms with Crippen molar-refractivity contribution in [3.05, 3.63) is 0 Å². The molecule has 0 saturated heterocycles. The van der Waals surface area contributed by atoms with Gasteiger partial charge in [0.1, 0.15) is 0 Å². The summed E-state index contributed by atoms with van der Waals surface area (Å²) in [6.07, 6.45) is 0. The Kier molecular flexibility index (Phi) is 7.98. The second kappa shape index (κ2) is 8.59. The fourth-order valence-electron chi connectivity index (χ4n) is 0.439. The first-order valence-electron chi connectivity index (χ1n) is 3.61. The maximum atomic E-state index is 8.47. The summed E-state index contributed by atoms with van der Waals surface area (Å²) in [4.78, 5) is 0. The van der Waals surface area contributed by atoms with Gasteiger partial charge in [-0.05, 0) is 0 Å². The van der Waals surface area contributed by atoms with Crippen LogP contribution in [0.3, 0.4) is 0 Å². The van der Waals surface area contributed by atoms with Gasteiger partial charge in [0, 0.05) is 0 Å². The van der Waals surface area contributed by atoms with Crippen LogP contribution in [0.25, 0.3) is 0 Å². The molecule has 0 aromatic heterocycles. The Morgan fingerprint density at radius 1 is 0.714 bits per heavy atom. The first-order chi connectivity index (χ1) is 6.78. The molecule has 0 amide bonds. The Hall–Kier alpha value is -1.00. The third kappa shape index (κ3) is 5.61. The van der Waals surface area contributed by atoms with E-state index in [0.717, 1.165) is 0 Å². The number of nitrogens with zero attached hydrogens (tertiary/aromatic N) is 4. The van der Waals surface area contributed by atoms with E-state index < -0.39 is 11.8 Å². The van der Waals surface area contributed by atoms with Crippen molar-refractivity contribution in [3.8, 4) is 24.3 Å². The molecule has 0 N–H and O–H groups in total. The number of hydrogen-bond donors (Lipinski definition) is 0. The van der Waals surface area contributed by atoms with Gasteiger partial charge < -0.3 is 0 Å². The molecule has 4 nitrogen and oxygen atoms in total. The van der Waals surface area contributed by atoms with Crippen molar-refractivity contribution < 1.29 is 0 Å². The van der Waals surface area contributed by atoms with Gasteiger partial charge in [0.25, 0.3) is 0 Å². The van der Waals surface area contributed by atoms with Crippen LogP contribution in [0.4, 0.5) is 0 Å². The summed E-state index contributed by atoms with van der Waals surface area (Å²) in [7, 11) is 0. The Balaban J connectivity index is 3.60. The molecule has 0 spiro atoms. The van der Waals surface area contributed by atoms with Crippen LogP contribution in [0.1, 0.15) is 0 Å². The van der Waals surface area contributed by atoms with E-state index in [1.54, 1.807) is 0 Å². The molecule has 14 heavy (non-hydrogen) atoms. The topological polar surface area (TPSA) is 95.2 Å². The zero-order chi connectivity index (χ0) is 10.8. The first-order valence-corrected chi connectivity index (χ1v) is 10.4. The summed E-state index contributed by atoms with van der Waals surface area (Å²) >= 11 is 0.490. The molecule has 0 fully saturated rings. The quantitative estimate of drug-likeness (QED) is 0.544. The molecule has 0 unspecified atom stereocenters. The van der Waals surface area contributed by atoms with Gasteiger partial charge in [0.05, 0.1) is 0 Å². The summed E-state index contributed by atoms with van der Waals surface area (Å²) in [5, 5.41) is 35.1. The van der Waals surface area contributed by atoms with Gasteiger partial charge in [-0.3, -0.25) is 0 Å². The summed E-state index contributed by atoms with van der Waals surface area (Å²) in [5.41, 5.74) is 0. The molecule has 0 aliphatic heterocycles. The Labute approximate surface area is 94.0 Å². The van der Waals surface area contributed by atoms with Crippen molar-refractivity contribution in [1.29, 1.82) is 21.0 Å². The van der Waals surface area contributed by atoms with Gasteiger partial charge in [-0.2, -0.15) is 0 Å². The van der Waals surface area contributed by atoms with E-state index in [2.05, 4.69) is 0 Å². The van der Waals surface area contributed by atoms with Crippen LogP contribution in [-0.2, 0) is 0 Å². The number of nitriles is 4. The molecule has 70 valence electrons. The predicted octanol–water partition coefficient (Wildman–Crippen LogP) is 0.473. The second-order valence-corrected chi connectivity index (χ2v) is 9.72. The van der Waals surface area contributed by atoms with Crippen LogP contribution in [0.5, 0.6) is 0 Å². The zero-order valence-electron chi connectivity index (χ0n) is 7.17. The van der Waals surface area contributed by atoms with E-state index in [1.165, 1.54) is 0 Å². The standard InChI is InChI=1S/C8H6N4Se2/c9-1-7(2-10)5-13-14-6-8(3-11)4-12/h7-8H,5-6H2. The van der Waals surface area contributed by atoms with Crippen molar-refractivity contribution in [2.24, 2.45) is 11.8 Å². The molecule has 0 aromatic rings. The van der Waals surface area contributed by atoms with E-state index in [0.29, 0.717) is 10.6 Å². The van der Waals surface area contributed by atoms with Crippen LogP contribution in [-0.4, -0.2) is 26.3 Å². The van der Waals surface area contributed by atoms with Crippen LogP contribution in [0, 0.1) is 57.2 Å². The first kappa shape index (κ1) is 13.0. The summed E-state index contributed by atoms with van der Waals surface area (Å²) in [6, 6.07) is 7.61. The molecule has 0 aliphatic carbocycles. The van der Waals surface area contributed by atoms with E-state index in [-0.39, 0.29) is 26.3 Å². The molecule has 0 aliphatic rings. The average Bonchev–Trinajstić information content (AvgIpc) is 2.24. The maximum absolute atomic E-state index is 8.47. The Morgan fingerprint density at radius 2 is 1.00 bits per heavy atom. The summed E-state index contributed by atoms with van der Waals surface area (Å²) in [5.74, 6) is -1.03. The van der Waals surface area contributed by atoms with Gasteiger partial charge in [0.2, 0.25) is 0 Å². The average molecular weight is 316 g/mol. The zero-order valence-corrected chi connectivity index (χ0v) is 10.6. The third-order valence-electron chi connectivity index (χ3n) is 1.18. The van der Waals surface area contributed by atoms with Gasteiger partial charge in [0.15, 0.2) is 0 Å². The molecule has 0 atom stereocenters. The van der Waals surface area contributed by atoms with Crippen LogP contribution < -0.4 is 0 Å². The predicted molar refractivity (Wildman–Crippen MR) is 50.6 cm³/mol. The molecule has 0 saturated carbocycles. The molecule has 6 heteroatoms. The Morgan fingerprint density at radius 3 is 1.21 bits per heavy atom. The fourth-order valence-corrected chi connectivity index (χ4v) is 7.10. The molecule has 0 heterocycles. The molecule has 0 aromatic carbocycles. The second-order valence-electron chi connectivity index (χ2n) is 2.19. The fraction of sp³-hybridized carbons (Fsp3) is 0.500. The SMILES string of the molecule is N#CC(C#N)C[Se][Se]CC(C#N)C#N. The van der Waals surface area contributed by atoms with Crippen LogP contribution >= 0.6 is 0 Å². The number of rotatable bonds is 5. The summed E-state index contributed by atoms with van der Waals surface area (Å²) < 4.78 is 0. The van der Waals surface area contributed by atoms with E-state index in [4.69, 9.17) is 21.0 Å². The van der Waals surface area contributed by atoms with Crippen LogP contribution in [0.2, 0.25) is 10.6 Å². The van der Waals surface area contributed by atoms with Gasteiger partial charge in [-0.1, -0.05) is 0 Å². The van der Waals surface area contributed by atoms with Crippen molar-refractivity contribution in [2.45, 2.75) is 10.6 Å². The van der Waals surface area contributed by atoms with E-state index in [1.807, 2.05) is 24.3 Å². The molecule has 0 radical (unpaired) electrons. The van der Waals surface area contributed by atoms with Crippen molar-refractivity contribution in [3.63, 3.8) is 0 Å². The van der Waals surface area contributed by atoms with Crippen LogP contribution in [0.15, 0.2) is 0 Å². The third-order valence-corrected chi connectivity index (χ3v) is 8.28. The Bertz CT molecular complexity index is 265. The van der Waals surface area contributed by atoms with Gasteiger partial charge >= 0.3 is 94.1 Å². The normalized spacial score (nSPS) is 8.71. The van der Waals surface area contributed by atoms with E-state index >= 15 is 0 Å². The summed E-state index contributed by atoms with van der Waals surface area (Å²) in [6.45, 7) is 0. The molecular weight excluding hydrogens is 310 g/mol. The van der Waals surface area contributed by atoms with Gasteiger partial charge in [-0.15, -0.1) is 0 Å². The van der Waals surface area contributed by atoms with E-state index in [9.17, 15) is 0 Å². The minimum absolute atomic E-state index is 0.245. The monoisotopic (exact) mass is 318 g/mol. The number of hydrogen-bond acceptors (Lipinski definition) is 4. The van der Waals surface area contributed by atoms with Crippen molar-refractivity contribution in [1.82, 2.24) is 0 Å². The molecule has 0 rings (SSSR count). The van der Waals surface area contributed by atoms with Crippen molar-refractivity contribution in [2.75, 3.05) is 0 Å².